The maximum Gasteiger partial charge on any atom is 0.237 e. The van der Waals surface area contributed by atoms with E-state index < -0.39 is 0 Å². The lowest BCUT2D eigenvalue weighted by Crippen LogP contribution is -2.49. The van der Waals surface area contributed by atoms with Crippen LogP contribution in [0.3, 0.4) is 0 Å². The molecule has 4 nitrogen and oxygen atoms in total. The molecule has 1 fully saturated rings. The lowest BCUT2D eigenvalue weighted by molar-refractivity contribution is -0.126. The van der Waals surface area contributed by atoms with Crippen LogP contribution >= 0.6 is 0 Å². The lowest BCUT2D eigenvalue weighted by Gasteiger charge is -2.35. The molecule has 1 aliphatic rings. The largest absolute Gasteiger partial charge is 0.354 e. The fourth-order valence-corrected chi connectivity index (χ4v) is 3.01. The summed E-state index contributed by atoms with van der Waals surface area (Å²) in [5.41, 5.74) is 1.32. The number of likely N-dealkylation sites (tertiary alicyclic amines) is 1. The molecule has 122 valence electrons. The number of carbonyl (C=O) groups excluding carboxylic acids is 1. The van der Waals surface area contributed by atoms with Gasteiger partial charge in [0.05, 0.1) is 6.04 Å². The average molecular weight is 303 g/mol. The number of nitrogens with one attached hydrogen (secondary N) is 1. The van der Waals surface area contributed by atoms with Crippen molar-refractivity contribution in [1.82, 2.24) is 15.2 Å². The van der Waals surface area contributed by atoms with Gasteiger partial charge in [0.2, 0.25) is 5.91 Å². The molecule has 0 aromatic carbocycles. The maximum atomic E-state index is 12.2. The van der Waals surface area contributed by atoms with Gasteiger partial charge < -0.3 is 5.32 Å². The number of pyridine rings is 1. The van der Waals surface area contributed by atoms with Gasteiger partial charge in [0.15, 0.2) is 0 Å². The smallest absolute Gasteiger partial charge is 0.237 e. The van der Waals surface area contributed by atoms with Gasteiger partial charge >= 0.3 is 0 Å². The van der Waals surface area contributed by atoms with E-state index >= 15 is 0 Å². The van der Waals surface area contributed by atoms with Crippen molar-refractivity contribution in [1.29, 1.82) is 0 Å². The highest BCUT2D eigenvalue weighted by Gasteiger charge is 2.26. The van der Waals surface area contributed by atoms with Gasteiger partial charge in [-0.1, -0.05) is 19.9 Å². The Morgan fingerprint density at radius 2 is 2.09 bits per heavy atom. The molecular formula is C18H29N3O. The Morgan fingerprint density at radius 3 is 2.68 bits per heavy atom. The van der Waals surface area contributed by atoms with Crippen molar-refractivity contribution in [2.45, 2.75) is 46.1 Å². The summed E-state index contributed by atoms with van der Waals surface area (Å²) < 4.78 is 0. The van der Waals surface area contributed by atoms with Crippen molar-refractivity contribution in [3.8, 4) is 0 Å². The summed E-state index contributed by atoms with van der Waals surface area (Å²) in [6, 6.07) is 4.14. The highest BCUT2D eigenvalue weighted by atomic mass is 16.2. The molecule has 22 heavy (non-hydrogen) atoms. The minimum absolute atomic E-state index is 0.0157. The van der Waals surface area contributed by atoms with Crippen molar-refractivity contribution in [2.24, 2.45) is 11.8 Å². The molecule has 1 aliphatic heterocycles. The molecule has 0 bridgehead atoms. The number of aromatic nitrogens is 1. The monoisotopic (exact) mass is 303 g/mol. The summed E-state index contributed by atoms with van der Waals surface area (Å²) in [7, 11) is 0. The first-order valence-electron chi connectivity index (χ1n) is 8.47. The Morgan fingerprint density at radius 1 is 1.36 bits per heavy atom. The van der Waals surface area contributed by atoms with E-state index in [4.69, 9.17) is 0 Å². The third-order valence-corrected chi connectivity index (χ3v) is 4.51. The number of carbonyl (C=O) groups is 1. The van der Waals surface area contributed by atoms with E-state index in [-0.39, 0.29) is 11.9 Å². The first-order chi connectivity index (χ1) is 10.6. The Kier molecular flexibility index (Phi) is 6.37. The van der Waals surface area contributed by atoms with E-state index in [1.807, 2.05) is 25.4 Å². The lowest BCUT2D eigenvalue weighted by atomic mass is 9.90. The van der Waals surface area contributed by atoms with Crippen LogP contribution in [0.5, 0.6) is 0 Å². The topological polar surface area (TPSA) is 45.2 Å². The van der Waals surface area contributed by atoms with Crippen molar-refractivity contribution in [2.75, 3.05) is 19.6 Å². The molecule has 0 unspecified atom stereocenters. The van der Waals surface area contributed by atoms with Crippen molar-refractivity contribution in [3.63, 3.8) is 0 Å². The third kappa shape index (κ3) is 5.09. The summed E-state index contributed by atoms with van der Waals surface area (Å²) in [5.74, 6) is 1.38. The summed E-state index contributed by atoms with van der Waals surface area (Å²) >= 11 is 0. The number of rotatable bonds is 6. The molecule has 1 N–H and O–H groups in total. The molecular weight excluding hydrogens is 274 g/mol. The van der Waals surface area contributed by atoms with Crippen LogP contribution in [0.2, 0.25) is 0 Å². The number of nitrogens with zero attached hydrogens (tertiary/aromatic N) is 2. The number of amides is 1. The summed E-state index contributed by atoms with van der Waals surface area (Å²) in [5, 5.41) is 3.04. The van der Waals surface area contributed by atoms with Gasteiger partial charge in [-0.2, -0.15) is 0 Å². The first-order valence-corrected chi connectivity index (χ1v) is 8.47. The summed E-state index contributed by atoms with van der Waals surface area (Å²) in [6.45, 7) is 9.06. The van der Waals surface area contributed by atoms with E-state index in [1.54, 1.807) is 0 Å². The Labute approximate surface area is 134 Å². The minimum Gasteiger partial charge on any atom is -0.354 e. The molecule has 4 heteroatoms. The van der Waals surface area contributed by atoms with Gasteiger partial charge in [0.25, 0.3) is 0 Å². The molecule has 1 amide bonds. The number of hydrogen-bond acceptors (Lipinski definition) is 3. The second kappa shape index (κ2) is 8.28. The molecule has 2 rings (SSSR count). The van der Waals surface area contributed by atoms with Crippen LogP contribution in [0.25, 0.3) is 0 Å². The van der Waals surface area contributed by atoms with Crippen LogP contribution in [-0.4, -0.2) is 41.5 Å². The normalized spacial score (nSPS) is 18.4. The maximum absolute atomic E-state index is 12.2. The second-order valence-corrected chi connectivity index (χ2v) is 6.86. The van der Waals surface area contributed by atoms with E-state index in [9.17, 15) is 4.79 Å². The minimum atomic E-state index is -0.0157. The van der Waals surface area contributed by atoms with Crippen LogP contribution in [0.4, 0.5) is 0 Å². The van der Waals surface area contributed by atoms with E-state index in [0.29, 0.717) is 11.8 Å². The van der Waals surface area contributed by atoms with Gasteiger partial charge in [-0.05, 0) is 62.7 Å². The van der Waals surface area contributed by atoms with Gasteiger partial charge in [-0.15, -0.1) is 0 Å². The molecule has 0 spiro atoms. The van der Waals surface area contributed by atoms with Crippen molar-refractivity contribution in [3.05, 3.63) is 30.1 Å². The van der Waals surface area contributed by atoms with Crippen molar-refractivity contribution >= 4 is 5.91 Å². The molecule has 1 saturated heterocycles. The Bertz CT molecular complexity index is 453. The summed E-state index contributed by atoms with van der Waals surface area (Å²) in [4.78, 5) is 18.7. The van der Waals surface area contributed by atoms with Gasteiger partial charge in [0, 0.05) is 18.9 Å². The standard InChI is InChI=1S/C18H29N3O/c1-14(2)12-20-18(22)15(3)21-9-6-16(7-10-21)11-17-5-4-8-19-13-17/h4-5,8,13-16H,6-7,9-12H2,1-3H3,(H,20,22)/t15-/m1/s1. The zero-order valence-electron chi connectivity index (χ0n) is 14.1. The fraction of sp³-hybridized carbons (Fsp3) is 0.667. The third-order valence-electron chi connectivity index (χ3n) is 4.51. The molecule has 0 radical (unpaired) electrons. The molecule has 1 aromatic heterocycles. The van der Waals surface area contributed by atoms with Crippen LogP contribution in [0.1, 0.15) is 39.2 Å². The zero-order chi connectivity index (χ0) is 15.9. The summed E-state index contributed by atoms with van der Waals surface area (Å²) in [6.07, 6.45) is 7.22. The number of piperidine rings is 1. The Balaban J connectivity index is 1.75. The highest BCUT2D eigenvalue weighted by Crippen LogP contribution is 2.22. The van der Waals surface area contributed by atoms with Gasteiger partial charge in [-0.3, -0.25) is 14.7 Å². The number of hydrogen-bond donors (Lipinski definition) is 1. The molecule has 1 atom stereocenters. The Hall–Kier alpha value is -1.42. The van der Waals surface area contributed by atoms with Crippen LogP contribution < -0.4 is 5.32 Å². The quantitative estimate of drug-likeness (QED) is 0.878. The predicted octanol–water partition coefficient (Wildman–Crippen LogP) is 2.50. The zero-order valence-corrected chi connectivity index (χ0v) is 14.1. The first kappa shape index (κ1) is 16.9. The van der Waals surface area contributed by atoms with Crippen LogP contribution in [0, 0.1) is 11.8 Å². The van der Waals surface area contributed by atoms with Crippen LogP contribution in [-0.2, 0) is 11.2 Å². The van der Waals surface area contributed by atoms with E-state index in [2.05, 4.69) is 35.1 Å². The molecule has 0 aliphatic carbocycles. The SMILES string of the molecule is CC(C)CNC(=O)[C@@H](C)N1CCC(Cc2cccnc2)CC1. The highest BCUT2D eigenvalue weighted by molar-refractivity contribution is 5.81. The van der Waals surface area contributed by atoms with Gasteiger partial charge in [-0.25, -0.2) is 0 Å². The average Bonchev–Trinajstić information content (AvgIpc) is 2.53. The van der Waals surface area contributed by atoms with Gasteiger partial charge in [0.1, 0.15) is 0 Å². The molecule has 2 heterocycles. The van der Waals surface area contributed by atoms with E-state index in [1.165, 1.54) is 5.56 Å². The van der Waals surface area contributed by atoms with Crippen LogP contribution in [0.15, 0.2) is 24.5 Å². The predicted molar refractivity (Wildman–Crippen MR) is 89.5 cm³/mol. The molecule has 1 aromatic rings. The fourth-order valence-electron chi connectivity index (χ4n) is 3.01. The molecule has 0 saturated carbocycles. The van der Waals surface area contributed by atoms with E-state index in [0.717, 1.165) is 38.9 Å². The second-order valence-electron chi connectivity index (χ2n) is 6.86. The van der Waals surface area contributed by atoms with Crippen molar-refractivity contribution < 1.29 is 4.79 Å².